The van der Waals surface area contributed by atoms with Gasteiger partial charge in [-0.1, -0.05) is 32.3 Å². The van der Waals surface area contributed by atoms with Crippen molar-refractivity contribution in [3.63, 3.8) is 0 Å². The average Bonchev–Trinajstić information content (AvgIpc) is 2.60. The number of amides is 2. The third-order valence-corrected chi connectivity index (χ3v) is 4.34. The molecule has 0 aromatic heterocycles. The second-order valence-corrected chi connectivity index (χ2v) is 6.52. The van der Waals surface area contributed by atoms with Crippen LogP contribution in [0, 0.1) is 5.92 Å². The van der Waals surface area contributed by atoms with Crippen LogP contribution >= 0.6 is 12.2 Å². The number of carbonyl (C=O) groups is 2. The van der Waals surface area contributed by atoms with Crippen LogP contribution in [0.5, 0.6) is 0 Å². The molecule has 2 rings (SSSR count). The lowest BCUT2D eigenvalue weighted by Crippen LogP contribution is -2.39. The number of hydrogen-bond donors (Lipinski definition) is 3. The highest BCUT2D eigenvalue weighted by atomic mass is 32.1. The Hall–Kier alpha value is -1.95. The summed E-state index contributed by atoms with van der Waals surface area (Å²) in [7, 11) is 0. The van der Waals surface area contributed by atoms with Crippen molar-refractivity contribution in [1.82, 2.24) is 10.6 Å². The van der Waals surface area contributed by atoms with E-state index in [-0.39, 0.29) is 22.8 Å². The molecule has 6 heteroatoms. The van der Waals surface area contributed by atoms with Crippen molar-refractivity contribution < 1.29 is 9.59 Å². The van der Waals surface area contributed by atoms with Gasteiger partial charge in [-0.2, -0.15) is 0 Å². The van der Waals surface area contributed by atoms with Crippen molar-refractivity contribution >= 4 is 34.8 Å². The summed E-state index contributed by atoms with van der Waals surface area (Å²) < 4.78 is 0. The highest BCUT2D eigenvalue weighted by Gasteiger charge is 2.21. The minimum Gasteiger partial charge on any atom is -0.352 e. The van der Waals surface area contributed by atoms with Gasteiger partial charge in [-0.15, -0.1) is 0 Å². The Morgan fingerprint density at radius 3 is 2.67 bits per heavy atom. The SMILES string of the molecule is CCCNC(=O)c1cccc(NC(=S)NC(=O)C2CCCCC2)c1. The second-order valence-electron chi connectivity index (χ2n) is 6.12. The Bertz CT molecular complexity index is 598. The van der Waals surface area contributed by atoms with Crippen molar-refractivity contribution in [2.75, 3.05) is 11.9 Å². The number of hydrogen-bond acceptors (Lipinski definition) is 3. The predicted octanol–water partition coefficient (Wildman–Crippen LogP) is 3.22. The first-order chi connectivity index (χ1) is 11.6. The van der Waals surface area contributed by atoms with Crippen LogP contribution in [0.15, 0.2) is 24.3 Å². The largest absolute Gasteiger partial charge is 0.352 e. The van der Waals surface area contributed by atoms with E-state index in [4.69, 9.17) is 12.2 Å². The first-order valence-electron chi connectivity index (χ1n) is 8.60. The van der Waals surface area contributed by atoms with E-state index in [2.05, 4.69) is 16.0 Å². The third kappa shape index (κ3) is 5.60. The standard InChI is InChI=1S/C18H25N3O2S/c1-2-11-19-16(22)14-9-6-10-15(12-14)20-18(24)21-17(23)13-7-4-3-5-8-13/h6,9-10,12-13H,2-5,7-8,11H2,1H3,(H,19,22)(H2,20,21,23,24). The zero-order valence-electron chi connectivity index (χ0n) is 14.1. The summed E-state index contributed by atoms with van der Waals surface area (Å²) in [5, 5.41) is 8.85. The van der Waals surface area contributed by atoms with Gasteiger partial charge in [0, 0.05) is 23.7 Å². The van der Waals surface area contributed by atoms with Crippen molar-refractivity contribution in [2.45, 2.75) is 45.4 Å². The monoisotopic (exact) mass is 347 g/mol. The second kappa shape index (κ2) is 9.37. The van der Waals surface area contributed by atoms with Gasteiger partial charge in [0.05, 0.1) is 0 Å². The molecule has 24 heavy (non-hydrogen) atoms. The van der Waals surface area contributed by atoms with Crippen LogP contribution in [0.4, 0.5) is 5.69 Å². The Morgan fingerprint density at radius 2 is 1.96 bits per heavy atom. The summed E-state index contributed by atoms with van der Waals surface area (Å²) in [6.45, 7) is 2.65. The van der Waals surface area contributed by atoms with Crippen molar-refractivity contribution in [1.29, 1.82) is 0 Å². The Morgan fingerprint density at radius 1 is 1.21 bits per heavy atom. The van der Waals surface area contributed by atoms with Crippen LogP contribution in [0.2, 0.25) is 0 Å². The van der Waals surface area contributed by atoms with E-state index in [0.717, 1.165) is 32.1 Å². The van der Waals surface area contributed by atoms with E-state index in [1.807, 2.05) is 13.0 Å². The summed E-state index contributed by atoms with van der Waals surface area (Å²) in [6.07, 6.45) is 6.17. The van der Waals surface area contributed by atoms with E-state index in [1.54, 1.807) is 18.2 Å². The summed E-state index contributed by atoms with van der Waals surface area (Å²) in [6, 6.07) is 7.08. The van der Waals surface area contributed by atoms with Crippen LogP contribution in [0.3, 0.4) is 0 Å². The highest BCUT2D eigenvalue weighted by Crippen LogP contribution is 2.23. The molecule has 5 nitrogen and oxygen atoms in total. The van der Waals surface area contributed by atoms with Gasteiger partial charge in [-0.25, -0.2) is 0 Å². The molecule has 2 amide bonds. The maximum Gasteiger partial charge on any atom is 0.251 e. The number of nitrogens with one attached hydrogen (secondary N) is 3. The number of thiocarbonyl (C=S) groups is 1. The molecule has 1 aliphatic rings. The quantitative estimate of drug-likeness (QED) is 0.715. The molecule has 0 saturated heterocycles. The van der Waals surface area contributed by atoms with Gasteiger partial charge < -0.3 is 16.0 Å². The summed E-state index contributed by atoms with van der Waals surface area (Å²) in [4.78, 5) is 24.2. The van der Waals surface area contributed by atoms with Crippen LogP contribution < -0.4 is 16.0 Å². The minimum absolute atomic E-state index is 0.0101. The van der Waals surface area contributed by atoms with Gasteiger partial charge in [0.25, 0.3) is 5.91 Å². The molecule has 1 saturated carbocycles. The topological polar surface area (TPSA) is 70.2 Å². The van der Waals surface area contributed by atoms with Crippen LogP contribution in [-0.4, -0.2) is 23.5 Å². The maximum absolute atomic E-state index is 12.2. The molecule has 3 N–H and O–H groups in total. The number of benzene rings is 1. The molecule has 0 spiro atoms. The van der Waals surface area contributed by atoms with Crippen LogP contribution in [-0.2, 0) is 4.79 Å². The number of anilines is 1. The van der Waals surface area contributed by atoms with Crippen molar-refractivity contribution in [2.24, 2.45) is 5.92 Å². The number of rotatable bonds is 5. The van der Waals surface area contributed by atoms with E-state index in [0.29, 0.717) is 17.8 Å². The van der Waals surface area contributed by atoms with Gasteiger partial charge in [-0.05, 0) is 49.7 Å². The zero-order valence-corrected chi connectivity index (χ0v) is 14.9. The van der Waals surface area contributed by atoms with E-state index in [1.165, 1.54) is 6.42 Å². The molecule has 1 fully saturated rings. The lowest BCUT2D eigenvalue weighted by atomic mass is 9.89. The smallest absolute Gasteiger partial charge is 0.251 e. The average molecular weight is 347 g/mol. The summed E-state index contributed by atoms with van der Waals surface area (Å²) >= 11 is 5.22. The van der Waals surface area contributed by atoms with E-state index in [9.17, 15) is 9.59 Å². The highest BCUT2D eigenvalue weighted by molar-refractivity contribution is 7.80. The molecule has 0 radical (unpaired) electrons. The first kappa shape index (κ1) is 18.4. The molecule has 0 aliphatic heterocycles. The van der Waals surface area contributed by atoms with Gasteiger partial charge in [0.1, 0.15) is 0 Å². The van der Waals surface area contributed by atoms with Gasteiger partial charge in [-0.3, -0.25) is 9.59 Å². The minimum atomic E-state index is -0.113. The molecule has 1 aliphatic carbocycles. The predicted molar refractivity (Wildman–Crippen MR) is 100 cm³/mol. The fourth-order valence-corrected chi connectivity index (χ4v) is 3.04. The van der Waals surface area contributed by atoms with Gasteiger partial charge in [0.2, 0.25) is 5.91 Å². The molecule has 1 aromatic rings. The van der Waals surface area contributed by atoms with Crippen LogP contribution in [0.25, 0.3) is 0 Å². The summed E-state index contributed by atoms with van der Waals surface area (Å²) in [5.41, 5.74) is 1.25. The normalized spacial score (nSPS) is 14.7. The molecule has 0 bridgehead atoms. The molecule has 0 atom stereocenters. The van der Waals surface area contributed by atoms with Gasteiger partial charge >= 0.3 is 0 Å². The zero-order chi connectivity index (χ0) is 17.4. The molecule has 1 aromatic carbocycles. The van der Waals surface area contributed by atoms with Crippen LogP contribution in [0.1, 0.15) is 55.8 Å². The number of carbonyl (C=O) groups excluding carboxylic acids is 2. The fraction of sp³-hybridized carbons (Fsp3) is 0.500. The van der Waals surface area contributed by atoms with Gasteiger partial charge in [0.15, 0.2) is 5.11 Å². The van der Waals surface area contributed by atoms with Crippen molar-refractivity contribution in [3.8, 4) is 0 Å². The van der Waals surface area contributed by atoms with Crippen molar-refractivity contribution in [3.05, 3.63) is 29.8 Å². The molecule has 130 valence electrons. The Balaban J connectivity index is 1.89. The Labute approximate surface area is 148 Å². The molecule has 0 unspecified atom stereocenters. The van der Waals surface area contributed by atoms with E-state index >= 15 is 0 Å². The lowest BCUT2D eigenvalue weighted by molar-refractivity contribution is -0.124. The third-order valence-electron chi connectivity index (χ3n) is 4.13. The lowest BCUT2D eigenvalue weighted by Gasteiger charge is -2.21. The Kier molecular flexibility index (Phi) is 7.18. The fourth-order valence-electron chi connectivity index (χ4n) is 2.82. The molecule has 0 heterocycles. The summed E-state index contributed by atoms with van der Waals surface area (Å²) in [5.74, 6) is -0.0636. The first-order valence-corrected chi connectivity index (χ1v) is 9.01. The maximum atomic E-state index is 12.2. The molecular weight excluding hydrogens is 322 g/mol. The van der Waals surface area contributed by atoms with E-state index < -0.39 is 0 Å². The molecular formula is C18H25N3O2S.